The first-order valence-corrected chi connectivity index (χ1v) is 13.0. The molecule has 5 rings (SSSR count). The van der Waals surface area contributed by atoms with Gasteiger partial charge in [-0.1, -0.05) is 78.9 Å². The Morgan fingerprint density at radius 3 is 2.00 bits per heavy atom. The number of amides is 1. The number of nitrogens with zero attached hydrogens (tertiary/aromatic N) is 1. The molecule has 3 aromatic carbocycles. The Kier molecular flexibility index (Phi) is 8.17. The minimum Gasteiger partial charge on any atom is -0.463 e. The van der Waals surface area contributed by atoms with Crippen molar-refractivity contribution in [2.45, 2.75) is 51.5 Å². The molecule has 7 heteroatoms. The third-order valence-corrected chi connectivity index (χ3v) is 7.15. The van der Waals surface area contributed by atoms with Gasteiger partial charge >= 0.3 is 5.97 Å². The lowest BCUT2D eigenvalue weighted by Gasteiger charge is -2.50. The number of esters is 1. The van der Waals surface area contributed by atoms with Gasteiger partial charge in [-0.3, -0.25) is 9.59 Å². The molecule has 0 spiro atoms. The number of anilines is 1. The van der Waals surface area contributed by atoms with E-state index < -0.39 is 18.3 Å². The van der Waals surface area contributed by atoms with Crippen LogP contribution in [0.2, 0.25) is 0 Å². The third-order valence-electron chi connectivity index (χ3n) is 7.15. The molecule has 2 heterocycles. The van der Waals surface area contributed by atoms with E-state index >= 15 is 0 Å². The quantitative estimate of drug-likeness (QED) is 0.400. The Labute approximate surface area is 223 Å². The highest BCUT2D eigenvalue weighted by molar-refractivity contribution is 5.93. The molecular weight excluding hydrogens is 482 g/mol. The molecule has 3 aromatic rings. The second kappa shape index (κ2) is 11.9. The zero-order valence-electron chi connectivity index (χ0n) is 21.7. The highest BCUT2D eigenvalue weighted by Crippen LogP contribution is 2.47. The molecule has 7 nitrogen and oxygen atoms in total. The number of benzene rings is 3. The van der Waals surface area contributed by atoms with Gasteiger partial charge in [0.25, 0.3) is 0 Å². The van der Waals surface area contributed by atoms with Gasteiger partial charge in [0, 0.05) is 37.6 Å². The SMILES string of the molecule is CC(=O)OC[C@H]1O[C@@H]2c3ccccc3N(C(C)=O)C[C@@H]2[C@@H](OCc2ccccc2)[C@@H]1OCc1ccccc1. The normalized spacial score (nSPS) is 24.3. The summed E-state index contributed by atoms with van der Waals surface area (Å²) in [4.78, 5) is 26.3. The second-order valence-electron chi connectivity index (χ2n) is 9.77. The van der Waals surface area contributed by atoms with Gasteiger partial charge in [0.15, 0.2) is 0 Å². The Morgan fingerprint density at radius 1 is 0.816 bits per heavy atom. The fraction of sp³-hybridized carbons (Fsp3) is 0.355. The molecule has 0 unspecified atom stereocenters. The molecule has 2 aliphatic rings. The number of para-hydroxylation sites is 1. The van der Waals surface area contributed by atoms with Gasteiger partial charge in [-0.2, -0.15) is 0 Å². The number of hydrogen-bond acceptors (Lipinski definition) is 6. The number of ether oxygens (including phenoxy) is 4. The maximum absolute atomic E-state index is 12.7. The van der Waals surface area contributed by atoms with Crippen LogP contribution in [0.3, 0.4) is 0 Å². The van der Waals surface area contributed by atoms with Gasteiger partial charge in [0.05, 0.1) is 25.4 Å². The Balaban J connectivity index is 1.51. The maximum atomic E-state index is 12.7. The monoisotopic (exact) mass is 515 g/mol. The van der Waals surface area contributed by atoms with Crippen LogP contribution in [0.1, 0.15) is 36.6 Å². The number of hydrogen-bond donors (Lipinski definition) is 0. The zero-order valence-corrected chi connectivity index (χ0v) is 21.7. The van der Waals surface area contributed by atoms with E-state index in [0.717, 1.165) is 22.4 Å². The first-order valence-electron chi connectivity index (χ1n) is 13.0. The van der Waals surface area contributed by atoms with Crippen molar-refractivity contribution in [2.24, 2.45) is 5.92 Å². The van der Waals surface area contributed by atoms with Gasteiger partial charge in [-0.25, -0.2) is 0 Å². The minimum absolute atomic E-state index is 0.0403. The van der Waals surface area contributed by atoms with E-state index in [-0.39, 0.29) is 30.5 Å². The van der Waals surface area contributed by atoms with Crippen molar-refractivity contribution >= 4 is 17.6 Å². The summed E-state index contributed by atoms with van der Waals surface area (Å²) in [6, 6.07) is 27.7. The van der Waals surface area contributed by atoms with Crippen LogP contribution in [0.25, 0.3) is 0 Å². The van der Waals surface area contributed by atoms with E-state index in [2.05, 4.69) is 0 Å². The number of carbonyl (C=O) groups excluding carboxylic acids is 2. The molecule has 1 saturated heterocycles. The molecule has 0 N–H and O–H groups in total. The Morgan fingerprint density at radius 2 is 1.39 bits per heavy atom. The first kappa shape index (κ1) is 26.1. The van der Waals surface area contributed by atoms with E-state index in [0.29, 0.717) is 19.8 Å². The topological polar surface area (TPSA) is 74.3 Å². The van der Waals surface area contributed by atoms with E-state index in [4.69, 9.17) is 18.9 Å². The molecule has 0 aliphatic carbocycles. The smallest absolute Gasteiger partial charge is 0.302 e. The highest BCUT2D eigenvalue weighted by Gasteiger charge is 2.51. The molecule has 0 radical (unpaired) electrons. The molecular formula is C31H33NO6. The van der Waals surface area contributed by atoms with Crippen molar-refractivity contribution in [3.8, 4) is 0 Å². The van der Waals surface area contributed by atoms with Gasteiger partial charge in [-0.05, 0) is 17.2 Å². The van der Waals surface area contributed by atoms with Crippen LogP contribution in [0.4, 0.5) is 5.69 Å². The van der Waals surface area contributed by atoms with E-state index in [1.807, 2.05) is 84.9 Å². The summed E-state index contributed by atoms with van der Waals surface area (Å²) in [5.41, 5.74) is 3.80. The van der Waals surface area contributed by atoms with Crippen LogP contribution < -0.4 is 4.90 Å². The predicted molar refractivity (Wildman–Crippen MR) is 142 cm³/mol. The van der Waals surface area contributed by atoms with Crippen LogP contribution in [-0.4, -0.2) is 43.3 Å². The molecule has 5 atom stereocenters. The van der Waals surface area contributed by atoms with Crippen molar-refractivity contribution < 1.29 is 28.5 Å². The minimum atomic E-state index is -0.554. The van der Waals surface area contributed by atoms with Crippen LogP contribution >= 0.6 is 0 Å². The van der Waals surface area contributed by atoms with Crippen molar-refractivity contribution in [3.63, 3.8) is 0 Å². The molecule has 38 heavy (non-hydrogen) atoms. The second-order valence-corrected chi connectivity index (χ2v) is 9.77. The summed E-state index contributed by atoms with van der Waals surface area (Å²) in [6.45, 7) is 4.16. The fourth-order valence-electron chi connectivity index (χ4n) is 5.37. The number of carbonyl (C=O) groups is 2. The summed E-state index contributed by atoms with van der Waals surface area (Å²) >= 11 is 0. The van der Waals surface area contributed by atoms with Crippen LogP contribution in [0.15, 0.2) is 84.9 Å². The molecule has 1 fully saturated rings. The largest absolute Gasteiger partial charge is 0.463 e. The summed E-state index contributed by atoms with van der Waals surface area (Å²) in [5.74, 6) is -0.612. The molecule has 0 aromatic heterocycles. The van der Waals surface area contributed by atoms with Gasteiger partial charge in [0.2, 0.25) is 5.91 Å². The van der Waals surface area contributed by atoms with Crippen molar-refractivity contribution in [3.05, 3.63) is 102 Å². The van der Waals surface area contributed by atoms with Gasteiger partial charge in [-0.15, -0.1) is 0 Å². The lowest BCUT2D eigenvalue weighted by molar-refractivity contribution is -0.245. The molecule has 1 amide bonds. The lowest BCUT2D eigenvalue weighted by atomic mass is 9.79. The average molecular weight is 516 g/mol. The molecule has 0 bridgehead atoms. The summed E-state index contributed by atoms with van der Waals surface area (Å²) < 4.78 is 25.2. The van der Waals surface area contributed by atoms with Crippen LogP contribution in [0, 0.1) is 5.92 Å². The van der Waals surface area contributed by atoms with Crippen LogP contribution in [0.5, 0.6) is 0 Å². The third kappa shape index (κ3) is 5.80. The summed E-state index contributed by atoms with van der Waals surface area (Å²) in [6.07, 6.45) is -1.85. The highest BCUT2D eigenvalue weighted by atomic mass is 16.6. The van der Waals surface area contributed by atoms with E-state index in [1.165, 1.54) is 6.92 Å². The number of fused-ring (bicyclic) bond motifs is 3. The first-order chi connectivity index (χ1) is 18.5. The van der Waals surface area contributed by atoms with Gasteiger partial charge in [0.1, 0.15) is 18.8 Å². The summed E-state index contributed by atoms with van der Waals surface area (Å²) in [5, 5.41) is 0. The summed E-state index contributed by atoms with van der Waals surface area (Å²) in [7, 11) is 0. The average Bonchev–Trinajstić information content (AvgIpc) is 2.94. The standard InChI is InChI=1S/C31H33NO6/c1-21(33)32-17-26-29(25-15-9-10-16-27(25)32)38-28(20-35-22(2)34)31(37-19-24-13-7-4-8-14-24)30(26)36-18-23-11-5-3-6-12-23/h3-16,26,28-31H,17-20H2,1-2H3/t26-,28+,29+,30+,31+/m0/s1. The molecule has 2 aliphatic heterocycles. The van der Waals surface area contributed by atoms with Gasteiger partial charge < -0.3 is 23.8 Å². The lowest BCUT2D eigenvalue weighted by Crippen LogP contribution is -2.59. The van der Waals surface area contributed by atoms with Crippen molar-refractivity contribution in [1.82, 2.24) is 0 Å². The zero-order chi connectivity index (χ0) is 26.5. The number of rotatable bonds is 8. The molecule has 198 valence electrons. The van der Waals surface area contributed by atoms with Crippen LogP contribution in [-0.2, 0) is 41.8 Å². The molecule has 0 saturated carbocycles. The Bertz CT molecular complexity index is 1230. The van der Waals surface area contributed by atoms with Crippen molar-refractivity contribution in [2.75, 3.05) is 18.1 Å². The van der Waals surface area contributed by atoms with E-state index in [9.17, 15) is 9.59 Å². The predicted octanol–water partition coefficient (Wildman–Crippen LogP) is 4.84. The van der Waals surface area contributed by atoms with Crippen molar-refractivity contribution in [1.29, 1.82) is 0 Å². The fourth-order valence-corrected chi connectivity index (χ4v) is 5.37. The van der Waals surface area contributed by atoms with E-state index in [1.54, 1.807) is 11.8 Å². The Hall–Kier alpha value is -3.52. The maximum Gasteiger partial charge on any atom is 0.302 e.